The molecule has 3 rings (SSSR count). The van der Waals surface area contributed by atoms with Crippen LogP contribution in [0.1, 0.15) is 29.9 Å². The van der Waals surface area contributed by atoms with E-state index in [0.717, 1.165) is 0 Å². The normalized spacial score (nSPS) is 21.6. The third-order valence-electron chi connectivity index (χ3n) is 3.97. The minimum atomic E-state index is -0.636. The number of carbonyl (C=O) groups is 1. The zero-order valence-electron chi connectivity index (χ0n) is 13.3. The highest BCUT2D eigenvalue weighted by molar-refractivity contribution is 5.95. The number of piperazine rings is 1. The van der Waals surface area contributed by atoms with Crippen molar-refractivity contribution in [1.29, 1.82) is 0 Å². The lowest BCUT2D eigenvalue weighted by Crippen LogP contribution is -2.56. The van der Waals surface area contributed by atoms with Gasteiger partial charge in [0.15, 0.2) is 0 Å². The van der Waals surface area contributed by atoms with Crippen LogP contribution in [0.5, 0.6) is 0 Å². The van der Waals surface area contributed by atoms with Gasteiger partial charge >= 0.3 is 5.69 Å². The summed E-state index contributed by atoms with van der Waals surface area (Å²) in [7, 11) is 0. The minimum absolute atomic E-state index is 0.137. The zero-order valence-corrected chi connectivity index (χ0v) is 13.3. The van der Waals surface area contributed by atoms with E-state index in [9.17, 15) is 14.4 Å². The van der Waals surface area contributed by atoms with E-state index in [4.69, 9.17) is 0 Å². The number of pyridine rings is 1. The van der Waals surface area contributed by atoms with Gasteiger partial charge in [0.2, 0.25) is 0 Å². The highest BCUT2D eigenvalue weighted by atomic mass is 16.2. The Morgan fingerprint density at radius 3 is 2.52 bits per heavy atom. The monoisotopic (exact) mass is 317 g/mol. The van der Waals surface area contributed by atoms with Gasteiger partial charge in [0.05, 0.1) is 5.39 Å². The van der Waals surface area contributed by atoms with Crippen LogP contribution in [-0.4, -0.2) is 50.9 Å². The van der Waals surface area contributed by atoms with Crippen LogP contribution < -0.4 is 16.6 Å². The Bertz CT molecular complexity index is 875. The molecule has 8 heteroatoms. The van der Waals surface area contributed by atoms with E-state index >= 15 is 0 Å². The van der Waals surface area contributed by atoms with Gasteiger partial charge in [-0.3, -0.25) is 19.6 Å². The van der Waals surface area contributed by atoms with Crippen LogP contribution in [0.3, 0.4) is 0 Å². The number of hydrogen-bond acceptors (Lipinski definition) is 5. The molecule has 0 spiro atoms. The van der Waals surface area contributed by atoms with Crippen molar-refractivity contribution in [2.45, 2.75) is 32.9 Å². The van der Waals surface area contributed by atoms with E-state index < -0.39 is 11.2 Å². The summed E-state index contributed by atoms with van der Waals surface area (Å²) in [5.74, 6) is -0.198. The number of amides is 1. The topological polar surface area (TPSA) is 111 Å². The van der Waals surface area contributed by atoms with Crippen LogP contribution in [0.2, 0.25) is 0 Å². The molecule has 0 radical (unpaired) electrons. The van der Waals surface area contributed by atoms with E-state index in [2.05, 4.69) is 20.3 Å². The van der Waals surface area contributed by atoms with Gasteiger partial charge in [-0.2, -0.15) is 0 Å². The number of fused-ring (bicyclic) bond motifs is 1. The van der Waals surface area contributed by atoms with Gasteiger partial charge in [0.25, 0.3) is 11.5 Å². The molecule has 122 valence electrons. The molecule has 23 heavy (non-hydrogen) atoms. The third-order valence-corrected chi connectivity index (χ3v) is 3.97. The standard InChI is InChI=1S/C15H19N5O3/c1-7-4-10(14(22)20-5-8(2)16-9(3)6-20)17-12-11(7)13(21)19-15(23)18-12/h4,8-9,16H,5-6H2,1-3H3,(H2,17,18,19,21,23)/t8-,9+. The molecule has 0 bridgehead atoms. The Balaban J connectivity index is 2.05. The number of rotatable bonds is 1. The number of aromatic amines is 2. The van der Waals surface area contributed by atoms with Gasteiger partial charge in [0.1, 0.15) is 11.3 Å². The third kappa shape index (κ3) is 2.89. The summed E-state index contributed by atoms with van der Waals surface area (Å²) in [6, 6.07) is 1.99. The molecule has 1 aliphatic rings. The van der Waals surface area contributed by atoms with Crippen molar-refractivity contribution in [3.8, 4) is 0 Å². The minimum Gasteiger partial charge on any atom is -0.334 e. The molecule has 1 aliphatic heterocycles. The highest BCUT2D eigenvalue weighted by Crippen LogP contribution is 2.14. The molecule has 2 aromatic rings. The first-order chi connectivity index (χ1) is 10.8. The number of aromatic nitrogens is 3. The fraction of sp³-hybridized carbons (Fsp3) is 0.467. The lowest BCUT2D eigenvalue weighted by molar-refractivity contribution is 0.0668. The molecule has 0 unspecified atom stereocenters. The molecule has 3 N–H and O–H groups in total. The van der Waals surface area contributed by atoms with Crippen molar-refractivity contribution in [1.82, 2.24) is 25.2 Å². The molecule has 3 heterocycles. The second kappa shape index (κ2) is 5.62. The molecule has 2 aromatic heterocycles. The van der Waals surface area contributed by atoms with E-state index in [1.54, 1.807) is 17.9 Å². The Morgan fingerprint density at radius 2 is 1.87 bits per heavy atom. The average molecular weight is 317 g/mol. The van der Waals surface area contributed by atoms with Gasteiger partial charge in [0, 0.05) is 25.2 Å². The van der Waals surface area contributed by atoms with E-state index in [0.29, 0.717) is 24.0 Å². The van der Waals surface area contributed by atoms with Crippen LogP contribution >= 0.6 is 0 Å². The summed E-state index contributed by atoms with van der Waals surface area (Å²) < 4.78 is 0. The quantitative estimate of drug-likeness (QED) is 0.671. The molecule has 2 atom stereocenters. The van der Waals surface area contributed by atoms with Crippen LogP contribution in [0.15, 0.2) is 15.7 Å². The van der Waals surface area contributed by atoms with Gasteiger partial charge in [-0.25, -0.2) is 9.78 Å². The van der Waals surface area contributed by atoms with Crippen molar-refractivity contribution in [2.24, 2.45) is 0 Å². The summed E-state index contributed by atoms with van der Waals surface area (Å²) >= 11 is 0. The van der Waals surface area contributed by atoms with Crippen molar-refractivity contribution in [3.63, 3.8) is 0 Å². The van der Waals surface area contributed by atoms with Crippen molar-refractivity contribution in [3.05, 3.63) is 38.2 Å². The molecule has 0 aliphatic carbocycles. The van der Waals surface area contributed by atoms with E-state index in [1.165, 1.54) is 0 Å². The highest BCUT2D eigenvalue weighted by Gasteiger charge is 2.26. The molecular formula is C15H19N5O3. The molecule has 0 saturated carbocycles. The number of aryl methyl sites for hydroxylation is 1. The maximum Gasteiger partial charge on any atom is 0.327 e. The van der Waals surface area contributed by atoms with Gasteiger partial charge in [-0.15, -0.1) is 0 Å². The predicted molar refractivity (Wildman–Crippen MR) is 85.7 cm³/mol. The maximum atomic E-state index is 12.7. The summed E-state index contributed by atoms with van der Waals surface area (Å²) in [4.78, 5) is 46.6. The first kappa shape index (κ1) is 15.4. The largest absolute Gasteiger partial charge is 0.334 e. The summed E-state index contributed by atoms with van der Waals surface area (Å²) in [6.45, 7) is 6.94. The number of hydrogen-bond donors (Lipinski definition) is 3. The Kier molecular flexibility index (Phi) is 3.77. The van der Waals surface area contributed by atoms with E-state index in [-0.39, 0.29) is 29.3 Å². The maximum absolute atomic E-state index is 12.7. The summed E-state index contributed by atoms with van der Waals surface area (Å²) in [5.41, 5.74) is -0.163. The molecule has 1 saturated heterocycles. The molecule has 1 amide bonds. The van der Waals surface area contributed by atoms with Crippen LogP contribution in [0, 0.1) is 6.92 Å². The summed E-state index contributed by atoms with van der Waals surface area (Å²) in [6.07, 6.45) is 0. The molecular weight excluding hydrogens is 298 g/mol. The first-order valence-corrected chi connectivity index (χ1v) is 7.54. The number of nitrogens with one attached hydrogen (secondary N) is 3. The zero-order chi connectivity index (χ0) is 16.7. The number of nitrogens with zero attached hydrogens (tertiary/aromatic N) is 2. The molecule has 0 aromatic carbocycles. The van der Waals surface area contributed by atoms with Crippen LogP contribution in [-0.2, 0) is 0 Å². The van der Waals surface area contributed by atoms with Crippen molar-refractivity contribution >= 4 is 16.9 Å². The summed E-state index contributed by atoms with van der Waals surface area (Å²) in [5, 5.41) is 3.66. The average Bonchev–Trinajstić information content (AvgIpc) is 2.44. The second-order valence-corrected chi connectivity index (χ2v) is 6.14. The Morgan fingerprint density at radius 1 is 1.22 bits per heavy atom. The Labute approximate surface area is 131 Å². The van der Waals surface area contributed by atoms with Gasteiger partial charge in [-0.1, -0.05) is 0 Å². The number of H-pyrrole nitrogens is 2. The fourth-order valence-corrected chi connectivity index (χ4v) is 3.12. The molecule has 8 nitrogen and oxygen atoms in total. The Hall–Kier alpha value is -2.48. The first-order valence-electron chi connectivity index (χ1n) is 7.54. The predicted octanol–water partition coefficient (Wildman–Crippen LogP) is -0.258. The second-order valence-electron chi connectivity index (χ2n) is 6.14. The van der Waals surface area contributed by atoms with Crippen LogP contribution in [0.4, 0.5) is 0 Å². The smallest absolute Gasteiger partial charge is 0.327 e. The van der Waals surface area contributed by atoms with Crippen molar-refractivity contribution < 1.29 is 4.79 Å². The lowest BCUT2D eigenvalue weighted by Gasteiger charge is -2.36. The number of carbonyl (C=O) groups excluding carboxylic acids is 1. The van der Waals surface area contributed by atoms with Crippen LogP contribution in [0.25, 0.3) is 11.0 Å². The SMILES string of the molecule is Cc1cc(C(=O)N2C[C@@H](C)N[C@@H](C)C2)nc2[nH]c(=O)[nH]c(=O)c12. The fourth-order valence-electron chi connectivity index (χ4n) is 3.12. The van der Waals surface area contributed by atoms with Gasteiger partial charge in [-0.05, 0) is 32.4 Å². The molecule has 1 fully saturated rings. The lowest BCUT2D eigenvalue weighted by atomic mass is 10.1. The van der Waals surface area contributed by atoms with Crippen molar-refractivity contribution in [2.75, 3.05) is 13.1 Å². The van der Waals surface area contributed by atoms with E-state index in [1.807, 2.05) is 13.8 Å². The van der Waals surface area contributed by atoms with Gasteiger partial charge < -0.3 is 10.2 Å².